The van der Waals surface area contributed by atoms with Crippen LogP contribution in [-0.2, 0) is 4.79 Å². The minimum Gasteiger partial charge on any atom is -0.323 e. The molecular formula is C14H28N2O. The zero-order valence-corrected chi connectivity index (χ0v) is 12.0. The molecule has 1 rings (SSSR count). The van der Waals surface area contributed by atoms with E-state index in [9.17, 15) is 4.79 Å². The van der Waals surface area contributed by atoms with Crippen molar-refractivity contribution in [2.45, 2.75) is 78.6 Å². The van der Waals surface area contributed by atoms with Crippen molar-refractivity contribution in [1.82, 2.24) is 10.2 Å². The number of rotatable bonds is 6. The summed E-state index contributed by atoms with van der Waals surface area (Å²) >= 11 is 0. The zero-order chi connectivity index (χ0) is 13.0. The summed E-state index contributed by atoms with van der Waals surface area (Å²) in [6.07, 6.45) is 4.49. The molecule has 0 spiro atoms. The monoisotopic (exact) mass is 240 g/mol. The fraction of sp³-hybridized carbons (Fsp3) is 0.929. The van der Waals surface area contributed by atoms with Gasteiger partial charge in [-0.05, 0) is 25.7 Å². The Balaban J connectivity index is 2.70. The topological polar surface area (TPSA) is 32.3 Å². The van der Waals surface area contributed by atoms with Crippen LogP contribution >= 0.6 is 0 Å². The molecule has 1 fully saturated rings. The van der Waals surface area contributed by atoms with Crippen molar-refractivity contribution in [2.75, 3.05) is 0 Å². The van der Waals surface area contributed by atoms with Gasteiger partial charge in [-0.3, -0.25) is 10.1 Å². The molecule has 3 heteroatoms. The van der Waals surface area contributed by atoms with Crippen LogP contribution in [0.15, 0.2) is 0 Å². The Morgan fingerprint density at radius 2 is 2.00 bits per heavy atom. The summed E-state index contributed by atoms with van der Waals surface area (Å²) in [5, 5.41) is 3.43. The minimum absolute atomic E-state index is 0.0535. The van der Waals surface area contributed by atoms with Crippen molar-refractivity contribution < 1.29 is 4.79 Å². The Kier molecular flexibility index (Phi) is 5.44. The maximum Gasteiger partial charge on any atom is 0.241 e. The molecule has 0 aromatic heterocycles. The van der Waals surface area contributed by atoms with Crippen LogP contribution in [0.25, 0.3) is 0 Å². The number of hydrogen-bond donors (Lipinski definition) is 1. The van der Waals surface area contributed by atoms with E-state index in [0.29, 0.717) is 17.9 Å². The molecule has 1 N–H and O–H groups in total. The molecule has 100 valence electrons. The van der Waals surface area contributed by atoms with Crippen molar-refractivity contribution in [2.24, 2.45) is 5.92 Å². The smallest absolute Gasteiger partial charge is 0.241 e. The highest BCUT2D eigenvalue weighted by molar-refractivity contribution is 5.84. The number of amides is 1. The number of hydrogen-bond acceptors (Lipinski definition) is 2. The van der Waals surface area contributed by atoms with Gasteiger partial charge in [-0.25, -0.2) is 0 Å². The normalized spacial score (nSPS) is 26.9. The van der Waals surface area contributed by atoms with Crippen LogP contribution in [-0.4, -0.2) is 29.1 Å². The Bertz CT molecular complexity index is 253. The molecule has 3 nitrogen and oxygen atoms in total. The van der Waals surface area contributed by atoms with E-state index in [-0.39, 0.29) is 12.2 Å². The lowest BCUT2D eigenvalue weighted by Crippen LogP contribution is -2.45. The molecule has 0 aromatic rings. The average molecular weight is 240 g/mol. The molecule has 0 bridgehead atoms. The number of carbonyl (C=O) groups is 1. The maximum atomic E-state index is 12.4. The fourth-order valence-corrected chi connectivity index (χ4v) is 2.87. The Hall–Kier alpha value is -0.570. The van der Waals surface area contributed by atoms with Crippen LogP contribution in [0.4, 0.5) is 0 Å². The van der Waals surface area contributed by atoms with Gasteiger partial charge >= 0.3 is 0 Å². The summed E-state index contributed by atoms with van der Waals surface area (Å²) in [5.74, 6) is 0.838. The second-order valence-electron chi connectivity index (χ2n) is 5.50. The lowest BCUT2D eigenvalue weighted by atomic mass is 9.99. The lowest BCUT2D eigenvalue weighted by Gasteiger charge is -2.33. The van der Waals surface area contributed by atoms with Gasteiger partial charge in [0.2, 0.25) is 5.91 Å². The molecule has 0 aliphatic carbocycles. The standard InChI is InChI=1S/C14H28N2O/c1-6-8-9-12-14(17)16(11(5)15-12)13(7-2)10(3)4/h10-13,15H,6-9H2,1-5H3. The van der Waals surface area contributed by atoms with Gasteiger partial charge in [0, 0.05) is 6.04 Å². The van der Waals surface area contributed by atoms with Crippen LogP contribution in [0.2, 0.25) is 0 Å². The van der Waals surface area contributed by atoms with Crippen molar-refractivity contribution in [1.29, 1.82) is 0 Å². The molecule has 3 unspecified atom stereocenters. The first-order valence-corrected chi connectivity index (χ1v) is 7.11. The van der Waals surface area contributed by atoms with E-state index in [1.54, 1.807) is 0 Å². The van der Waals surface area contributed by atoms with Gasteiger partial charge in [0.15, 0.2) is 0 Å². The summed E-state index contributed by atoms with van der Waals surface area (Å²) in [7, 11) is 0. The molecule has 0 aromatic carbocycles. The summed E-state index contributed by atoms with van der Waals surface area (Å²) in [4.78, 5) is 14.5. The van der Waals surface area contributed by atoms with E-state index >= 15 is 0 Å². The van der Waals surface area contributed by atoms with Crippen LogP contribution in [0.5, 0.6) is 0 Å². The highest BCUT2D eigenvalue weighted by atomic mass is 16.2. The summed E-state index contributed by atoms with van der Waals surface area (Å²) < 4.78 is 0. The van der Waals surface area contributed by atoms with E-state index < -0.39 is 0 Å². The molecule has 0 radical (unpaired) electrons. The van der Waals surface area contributed by atoms with E-state index in [0.717, 1.165) is 25.7 Å². The fourth-order valence-electron chi connectivity index (χ4n) is 2.87. The Labute approximate surface area is 106 Å². The number of nitrogens with zero attached hydrogens (tertiary/aromatic N) is 1. The van der Waals surface area contributed by atoms with Gasteiger partial charge in [0.25, 0.3) is 0 Å². The third-order valence-corrected chi connectivity index (χ3v) is 3.80. The Morgan fingerprint density at radius 3 is 2.47 bits per heavy atom. The second kappa shape index (κ2) is 6.39. The third-order valence-electron chi connectivity index (χ3n) is 3.80. The van der Waals surface area contributed by atoms with Crippen molar-refractivity contribution in [3.63, 3.8) is 0 Å². The first-order valence-electron chi connectivity index (χ1n) is 7.11. The molecule has 0 saturated carbocycles. The lowest BCUT2D eigenvalue weighted by molar-refractivity contribution is -0.133. The quantitative estimate of drug-likeness (QED) is 0.774. The zero-order valence-electron chi connectivity index (χ0n) is 12.0. The van der Waals surface area contributed by atoms with Crippen molar-refractivity contribution in [3.8, 4) is 0 Å². The largest absolute Gasteiger partial charge is 0.323 e. The van der Waals surface area contributed by atoms with E-state index in [2.05, 4.69) is 44.8 Å². The highest BCUT2D eigenvalue weighted by Gasteiger charge is 2.39. The van der Waals surface area contributed by atoms with Crippen molar-refractivity contribution in [3.05, 3.63) is 0 Å². The Morgan fingerprint density at radius 1 is 1.35 bits per heavy atom. The third kappa shape index (κ3) is 3.21. The van der Waals surface area contributed by atoms with Gasteiger partial charge in [0.1, 0.15) is 0 Å². The van der Waals surface area contributed by atoms with Gasteiger partial charge in [0.05, 0.1) is 12.2 Å². The van der Waals surface area contributed by atoms with Crippen molar-refractivity contribution >= 4 is 5.91 Å². The van der Waals surface area contributed by atoms with Gasteiger partial charge in [-0.1, -0.05) is 40.5 Å². The molecule has 3 atom stereocenters. The van der Waals surface area contributed by atoms with Gasteiger partial charge in [-0.15, -0.1) is 0 Å². The molecule has 1 amide bonds. The predicted octanol–water partition coefficient (Wildman–Crippen LogP) is 2.76. The second-order valence-corrected chi connectivity index (χ2v) is 5.50. The molecule has 1 aliphatic heterocycles. The van der Waals surface area contributed by atoms with Crippen LogP contribution in [0.1, 0.15) is 60.3 Å². The van der Waals surface area contributed by atoms with E-state index in [1.807, 2.05) is 0 Å². The summed E-state index contributed by atoms with van der Waals surface area (Å²) in [6.45, 7) is 10.9. The predicted molar refractivity (Wildman–Crippen MR) is 71.7 cm³/mol. The molecule has 17 heavy (non-hydrogen) atoms. The molecular weight excluding hydrogens is 212 g/mol. The summed E-state index contributed by atoms with van der Waals surface area (Å²) in [6, 6.07) is 0.425. The average Bonchev–Trinajstić information content (AvgIpc) is 2.54. The summed E-state index contributed by atoms with van der Waals surface area (Å²) in [5.41, 5.74) is 0. The first kappa shape index (κ1) is 14.5. The number of carbonyl (C=O) groups excluding carboxylic acids is 1. The van der Waals surface area contributed by atoms with Gasteiger partial charge < -0.3 is 4.90 Å². The number of unbranched alkanes of at least 4 members (excludes halogenated alkanes) is 1. The highest BCUT2D eigenvalue weighted by Crippen LogP contribution is 2.23. The van der Waals surface area contributed by atoms with Crippen LogP contribution in [0, 0.1) is 5.92 Å². The van der Waals surface area contributed by atoms with Gasteiger partial charge in [-0.2, -0.15) is 0 Å². The van der Waals surface area contributed by atoms with E-state index in [4.69, 9.17) is 0 Å². The molecule has 1 aliphatic rings. The van der Waals surface area contributed by atoms with Crippen LogP contribution < -0.4 is 5.32 Å². The van der Waals surface area contributed by atoms with E-state index in [1.165, 1.54) is 0 Å². The molecule has 1 heterocycles. The number of nitrogens with one attached hydrogen (secondary N) is 1. The minimum atomic E-state index is 0.0535. The first-order chi connectivity index (χ1) is 8.02. The molecule has 1 saturated heterocycles. The maximum absolute atomic E-state index is 12.4. The SMILES string of the molecule is CCCCC1NC(C)N(C(CC)C(C)C)C1=O. The van der Waals surface area contributed by atoms with Crippen LogP contribution in [0.3, 0.4) is 0 Å².